The molecule has 0 unspecified atom stereocenters. The second-order valence-corrected chi connectivity index (χ2v) is 7.64. The molecule has 0 radical (unpaired) electrons. The molecule has 2 aliphatic rings. The smallest absolute Gasteiger partial charge is 0.128 e. The largest absolute Gasteiger partial charge is 0.491 e. The van der Waals surface area contributed by atoms with Gasteiger partial charge < -0.3 is 14.7 Å². The van der Waals surface area contributed by atoms with Crippen LogP contribution in [0.5, 0.6) is 5.75 Å². The van der Waals surface area contributed by atoms with Gasteiger partial charge in [0.15, 0.2) is 0 Å². The third-order valence-corrected chi connectivity index (χ3v) is 6.04. The molecule has 2 aromatic rings. The van der Waals surface area contributed by atoms with Gasteiger partial charge >= 0.3 is 0 Å². The van der Waals surface area contributed by atoms with E-state index in [2.05, 4.69) is 45.1 Å². The van der Waals surface area contributed by atoms with Crippen LogP contribution in [0.25, 0.3) is 0 Å². The molecule has 0 atom stereocenters. The summed E-state index contributed by atoms with van der Waals surface area (Å²) in [4.78, 5) is 9.63. The fraction of sp³-hybridized carbons (Fsp3) is 0.500. The number of anilines is 1. The Morgan fingerprint density at radius 3 is 2.70 bits per heavy atom. The monoisotopic (exact) mass is 367 g/mol. The number of rotatable bonds is 6. The van der Waals surface area contributed by atoms with E-state index in [4.69, 9.17) is 9.84 Å². The fourth-order valence-corrected chi connectivity index (χ4v) is 4.62. The predicted molar refractivity (Wildman–Crippen MR) is 107 cm³/mol. The molecule has 27 heavy (non-hydrogen) atoms. The van der Waals surface area contributed by atoms with Crippen LogP contribution in [0.3, 0.4) is 0 Å². The molecule has 0 saturated carbocycles. The molecule has 1 spiro atoms. The average Bonchev–Trinajstić information content (AvgIpc) is 3.09. The lowest BCUT2D eigenvalue weighted by Gasteiger charge is -2.45. The Morgan fingerprint density at radius 2 is 1.93 bits per heavy atom. The zero-order valence-electron chi connectivity index (χ0n) is 15.9. The lowest BCUT2D eigenvalue weighted by molar-refractivity contribution is 0.0995. The van der Waals surface area contributed by atoms with Crippen LogP contribution in [-0.4, -0.2) is 53.4 Å². The van der Waals surface area contributed by atoms with Gasteiger partial charge in [0.25, 0.3) is 0 Å². The van der Waals surface area contributed by atoms with Gasteiger partial charge in [-0.1, -0.05) is 18.2 Å². The lowest BCUT2D eigenvalue weighted by Crippen LogP contribution is -2.52. The highest BCUT2D eigenvalue weighted by molar-refractivity contribution is 5.38. The van der Waals surface area contributed by atoms with Crippen LogP contribution >= 0.6 is 0 Å². The van der Waals surface area contributed by atoms with E-state index in [-0.39, 0.29) is 6.61 Å². The Kier molecular flexibility index (Phi) is 5.60. The molecule has 144 valence electrons. The number of hydrogen-bond donors (Lipinski definition) is 1. The molecule has 1 aromatic carbocycles. The maximum absolute atomic E-state index is 8.95. The van der Waals surface area contributed by atoms with Crippen LogP contribution in [0.15, 0.2) is 48.7 Å². The average molecular weight is 367 g/mol. The van der Waals surface area contributed by atoms with Crippen molar-refractivity contribution in [1.82, 2.24) is 9.88 Å². The maximum atomic E-state index is 8.95. The molecule has 5 nitrogen and oxygen atoms in total. The van der Waals surface area contributed by atoms with Gasteiger partial charge in [0.1, 0.15) is 18.2 Å². The number of aromatic nitrogens is 1. The first-order chi connectivity index (χ1) is 13.3. The lowest BCUT2D eigenvalue weighted by atomic mass is 9.84. The molecule has 0 amide bonds. The third kappa shape index (κ3) is 4.09. The standard InChI is InChI=1S/C22H29N3O2/c26-15-16-27-20-6-3-5-19(17-20)18-25-12-4-8-22(25)9-13-24(14-10-22)21-7-1-2-11-23-21/h1-3,5-7,11,17,26H,4,8-10,12-16,18H2. The van der Waals surface area contributed by atoms with E-state index in [0.29, 0.717) is 12.1 Å². The number of hydrogen-bond acceptors (Lipinski definition) is 5. The first-order valence-corrected chi connectivity index (χ1v) is 10.0. The van der Waals surface area contributed by atoms with Crippen molar-refractivity contribution in [2.45, 2.75) is 37.8 Å². The third-order valence-electron chi connectivity index (χ3n) is 6.04. The molecule has 4 rings (SSSR count). The van der Waals surface area contributed by atoms with E-state index in [1.165, 1.54) is 37.8 Å². The highest BCUT2D eigenvalue weighted by Crippen LogP contribution is 2.40. The normalized spacial score (nSPS) is 19.5. The predicted octanol–water partition coefficient (Wildman–Crippen LogP) is 3.09. The van der Waals surface area contributed by atoms with Crippen molar-refractivity contribution in [3.05, 3.63) is 54.2 Å². The summed E-state index contributed by atoms with van der Waals surface area (Å²) in [6.07, 6.45) is 6.86. The molecule has 0 bridgehead atoms. The molecular formula is C22H29N3O2. The molecule has 2 fully saturated rings. The first-order valence-electron chi connectivity index (χ1n) is 10.0. The van der Waals surface area contributed by atoms with Crippen molar-refractivity contribution < 1.29 is 9.84 Å². The number of likely N-dealkylation sites (tertiary alicyclic amines) is 1. The van der Waals surface area contributed by atoms with Crippen molar-refractivity contribution in [1.29, 1.82) is 0 Å². The van der Waals surface area contributed by atoms with Gasteiger partial charge in [-0.05, 0) is 62.1 Å². The Balaban J connectivity index is 1.41. The topological polar surface area (TPSA) is 48.8 Å². The Labute approximate surface area is 161 Å². The molecule has 1 N–H and O–H groups in total. The highest BCUT2D eigenvalue weighted by Gasteiger charge is 2.43. The molecule has 1 aromatic heterocycles. The summed E-state index contributed by atoms with van der Waals surface area (Å²) in [6, 6.07) is 14.5. The number of aliphatic hydroxyl groups excluding tert-OH is 1. The Hall–Kier alpha value is -2.11. The number of nitrogens with zero attached hydrogens (tertiary/aromatic N) is 3. The molecule has 0 aliphatic carbocycles. The van der Waals surface area contributed by atoms with Gasteiger partial charge in [0.05, 0.1) is 6.61 Å². The zero-order chi connectivity index (χ0) is 18.5. The van der Waals surface area contributed by atoms with Crippen LogP contribution in [0.2, 0.25) is 0 Å². The Bertz CT molecular complexity index is 729. The summed E-state index contributed by atoms with van der Waals surface area (Å²) in [5.41, 5.74) is 1.62. The van der Waals surface area contributed by atoms with Gasteiger partial charge in [0.2, 0.25) is 0 Å². The van der Waals surface area contributed by atoms with E-state index in [0.717, 1.165) is 31.2 Å². The van der Waals surface area contributed by atoms with Crippen LogP contribution in [0.4, 0.5) is 5.82 Å². The molecule has 5 heteroatoms. The van der Waals surface area contributed by atoms with E-state index in [1.54, 1.807) is 0 Å². The quantitative estimate of drug-likeness (QED) is 0.850. The van der Waals surface area contributed by atoms with Crippen LogP contribution in [-0.2, 0) is 6.54 Å². The van der Waals surface area contributed by atoms with Gasteiger partial charge in [-0.15, -0.1) is 0 Å². The van der Waals surface area contributed by atoms with E-state index in [9.17, 15) is 0 Å². The summed E-state index contributed by atoms with van der Waals surface area (Å²) in [5.74, 6) is 1.95. The molecule has 2 saturated heterocycles. The summed E-state index contributed by atoms with van der Waals surface area (Å²) < 4.78 is 5.58. The van der Waals surface area contributed by atoms with Crippen LogP contribution in [0, 0.1) is 0 Å². The summed E-state index contributed by atoms with van der Waals surface area (Å²) in [5, 5.41) is 8.95. The summed E-state index contributed by atoms with van der Waals surface area (Å²) >= 11 is 0. The van der Waals surface area contributed by atoms with Crippen molar-refractivity contribution in [3.8, 4) is 5.75 Å². The number of ether oxygens (including phenoxy) is 1. The first kappa shape index (κ1) is 18.3. The van der Waals surface area contributed by atoms with Gasteiger partial charge in [0, 0.05) is 31.4 Å². The second-order valence-electron chi connectivity index (χ2n) is 7.64. The van der Waals surface area contributed by atoms with Crippen molar-refractivity contribution in [2.24, 2.45) is 0 Å². The van der Waals surface area contributed by atoms with E-state index < -0.39 is 0 Å². The van der Waals surface area contributed by atoms with Crippen LogP contribution < -0.4 is 9.64 Å². The van der Waals surface area contributed by atoms with E-state index in [1.807, 2.05) is 18.3 Å². The minimum atomic E-state index is 0.0479. The number of aliphatic hydroxyl groups is 1. The Morgan fingerprint density at radius 1 is 1.04 bits per heavy atom. The number of pyridine rings is 1. The van der Waals surface area contributed by atoms with Crippen molar-refractivity contribution in [3.63, 3.8) is 0 Å². The number of piperidine rings is 1. The van der Waals surface area contributed by atoms with E-state index >= 15 is 0 Å². The molecular weight excluding hydrogens is 338 g/mol. The highest BCUT2D eigenvalue weighted by atomic mass is 16.5. The fourth-order valence-electron chi connectivity index (χ4n) is 4.62. The summed E-state index contributed by atoms with van der Waals surface area (Å²) in [6.45, 7) is 4.69. The minimum Gasteiger partial charge on any atom is -0.491 e. The molecule has 2 aliphatic heterocycles. The van der Waals surface area contributed by atoms with Gasteiger partial charge in [-0.25, -0.2) is 4.98 Å². The zero-order valence-corrected chi connectivity index (χ0v) is 15.9. The molecule has 3 heterocycles. The summed E-state index contributed by atoms with van der Waals surface area (Å²) in [7, 11) is 0. The SMILES string of the molecule is OCCOc1cccc(CN2CCCC23CCN(c2ccccn2)CC3)c1. The second kappa shape index (κ2) is 8.28. The number of benzene rings is 1. The minimum absolute atomic E-state index is 0.0479. The maximum Gasteiger partial charge on any atom is 0.128 e. The van der Waals surface area contributed by atoms with Crippen molar-refractivity contribution in [2.75, 3.05) is 37.7 Å². The van der Waals surface area contributed by atoms with Gasteiger partial charge in [-0.2, -0.15) is 0 Å². The van der Waals surface area contributed by atoms with Gasteiger partial charge in [-0.3, -0.25) is 4.90 Å². The van der Waals surface area contributed by atoms with Crippen molar-refractivity contribution >= 4 is 5.82 Å². The van der Waals surface area contributed by atoms with Crippen LogP contribution in [0.1, 0.15) is 31.2 Å².